The SMILES string of the molecule is CCCCNc1cc(C(=O)NCCOC)cc(S(=N)(=O)Nc2ccccc2)c1Oc1ccccc1. The van der Waals surface area contributed by atoms with Crippen LogP contribution < -0.4 is 20.1 Å². The van der Waals surface area contributed by atoms with E-state index in [1.54, 1.807) is 49.6 Å². The number of hydrogen-bond donors (Lipinski definition) is 4. The molecule has 0 saturated heterocycles. The predicted molar refractivity (Wildman–Crippen MR) is 140 cm³/mol. The minimum Gasteiger partial charge on any atom is -0.454 e. The zero-order valence-corrected chi connectivity index (χ0v) is 20.8. The molecule has 0 aliphatic carbocycles. The van der Waals surface area contributed by atoms with Gasteiger partial charge in [-0.25, -0.2) is 8.99 Å². The Kier molecular flexibility index (Phi) is 9.51. The molecule has 1 atom stereocenters. The van der Waals surface area contributed by atoms with Crippen LogP contribution >= 0.6 is 0 Å². The molecular formula is C26H32N4O4S. The second kappa shape index (κ2) is 12.8. The van der Waals surface area contributed by atoms with Crippen LogP contribution in [0.4, 0.5) is 11.4 Å². The monoisotopic (exact) mass is 496 g/mol. The third kappa shape index (κ3) is 7.46. The van der Waals surface area contributed by atoms with Crippen molar-refractivity contribution in [2.24, 2.45) is 0 Å². The highest BCUT2D eigenvalue weighted by atomic mass is 32.2. The van der Waals surface area contributed by atoms with Gasteiger partial charge in [-0.1, -0.05) is 49.7 Å². The molecule has 3 aromatic rings. The first-order valence-electron chi connectivity index (χ1n) is 11.5. The maximum absolute atomic E-state index is 13.8. The molecule has 3 rings (SSSR count). The minimum atomic E-state index is -3.62. The summed E-state index contributed by atoms with van der Waals surface area (Å²) in [6.07, 6.45) is 1.86. The minimum absolute atomic E-state index is 0.0728. The van der Waals surface area contributed by atoms with Crippen LogP contribution in [0.15, 0.2) is 77.7 Å². The molecule has 4 N–H and O–H groups in total. The van der Waals surface area contributed by atoms with Crippen LogP contribution in [0, 0.1) is 4.78 Å². The molecule has 3 aromatic carbocycles. The Hall–Kier alpha value is -3.56. The summed E-state index contributed by atoms with van der Waals surface area (Å²) in [5.41, 5.74) is 1.28. The van der Waals surface area contributed by atoms with Gasteiger partial charge in [0, 0.05) is 31.5 Å². The second-order valence-electron chi connectivity index (χ2n) is 7.82. The van der Waals surface area contributed by atoms with Crippen molar-refractivity contribution in [2.75, 3.05) is 36.8 Å². The predicted octanol–water partition coefficient (Wildman–Crippen LogP) is 5.50. The highest BCUT2D eigenvalue weighted by Gasteiger charge is 2.24. The fraction of sp³-hybridized carbons (Fsp3) is 0.269. The number of unbranched alkanes of at least 4 members (excludes halogenated alkanes) is 1. The number of rotatable bonds is 13. The summed E-state index contributed by atoms with van der Waals surface area (Å²) >= 11 is 0. The summed E-state index contributed by atoms with van der Waals surface area (Å²) in [6.45, 7) is 3.39. The molecular weight excluding hydrogens is 464 g/mol. The molecule has 1 amide bonds. The maximum Gasteiger partial charge on any atom is 0.251 e. The van der Waals surface area contributed by atoms with Gasteiger partial charge in [-0.3, -0.25) is 9.52 Å². The topological polar surface area (TPSA) is 113 Å². The van der Waals surface area contributed by atoms with E-state index in [0.717, 1.165) is 12.8 Å². The standard InChI is InChI=1S/C26H32N4O4S/c1-3-4-15-28-23-18-20(26(31)29-16-17-33-2)19-24(25(23)34-22-13-9-6-10-14-22)35(27,32)30-21-11-7-5-8-12-21/h5-14,18-19,28H,3-4,15-17H2,1-2H3,(H,29,31)(H2,27,30,32). The summed E-state index contributed by atoms with van der Waals surface area (Å²) < 4.78 is 36.6. The lowest BCUT2D eigenvalue weighted by Crippen LogP contribution is -2.27. The number of amides is 1. The quantitative estimate of drug-likeness (QED) is 0.233. The van der Waals surface area contributed by atoms with Crippen molar-refractivity contribution in [1.82, 2.24) is 5.32 Å². The lowest BCUT2D eigenvalue weighted by molar-refractivity contribution is 0.0937. The highest BCUT2D eigenvalue weighted by molar-refractivity contribution is 7.93. The van der Waals surface area contributed by atoms with Gasteiger partial charge in [-0.2, -0.15) is 0 Å². The number of anilines is 2. The smallest absolute Gasteiger partial charge is 0.251 e. The summed E-state index contributed by atoms with van der Waals surface area (Å²) in [5.74, 6) is 0.409. The molecule has 8 nitrogen and oxygen atoms in total. The van der Waals surface area contributed by atoms with E-state index in [1.807, 2.05) is 24.3 Å². The van der Waals surface area contributed by atoms with Gasteiger partial charge in [0.2, 0.25) is 0 Å². The number of nitrogens with one attached hydrogen (secondary N) is 4. The van der Waals surface area contributed by atoms with Crippen LogP contribution in [0.1, 0.15) is 30.1 Å². The zero-order valence-electron chi connectivity index (χ0n) is 20.0. The van der Waals surface area contributed by atoms with Gasteiger partial charge in [0.15, 0.2) is 15.7 Å². The van der Waals surface area contributed by atoms with E-state index in [-0.39, 0.29) is 22.1 Å². The maximum atomic E-state index is 13.8. The lowest BCUT2D eigenvalue weighted by Gasteiger charge is -2.21. The lowest BCUT2D eigenvalue weighted by atomic mass is 10.1. The Bertz CT molecular complexity index is 1200. The number of methoxy groups -OCH3 is 1. The number of hydrogen-bond acceptors (Lipinski definition) is 6. The molecule has 0 saturated carbocycles. The third-order valence-corrected chi connectivity index (χ3v) is 6.51. The summed E-state index contributed by atoms with van der Waals surface area (Å²) in [4.78, 5) is 13.0. The van der Waals surface area contributed by atoms with E-state index in [4.69, 9.17) is 14.3 Å². The summed E-state index contributed by atoms with van der Waals surface area (Å²) in [7, 11) is -2.06. The van der Waals surface area contributed by atoms with E-state index in [0.29, 0.717) is 36.8 Å². The molecule has 9 heteroatoms. The molecule has 0 aliphatic rings. The Morgan fingerprint density at radius 2 is 1.69 bits per heavy atom. The number of para-hydroxylation sites is 2. The van der Waals surface area contributed by atoms with E-state index in [2.05, 4.69) is 22.3 Å². The average Bonchev–Trinajstić information content (AvgIpc) is 2.86. The fourth-order valence-corrected chi connectivity index (χ4v) is 4.57. The van der Waals surface area contributed by atoms with E-state index in [1.165, 1.54) is 6.07 Å². The molecule has 0 fully saturated rings. The van der Waals surface area contributed by atoms with Crippen LogP contribution in [0.2, 0.25) is 0 Å². The number of benzene rings is 3. The summed E-state index contributed by atoms with van der Waals surface area (Å²) in [6, 6.07) is 21.1. The summed E-state index contributed by atoms with van der Waals surface area (Å²) in [5, 5.41) is 6.09. The average molecular weight is 497 g/mol. The zero-order chi connectivity index (χ0) is 25.1. The van der Waals surface area contributed by atoms with E-state index < -0.39 is 9.92 Å². The van der Waals surface area contributed by atoms with Crippen LogP contribution in [-0.4, -0.2) is 36.9 Å². The molecule has 0 heterocycles. The first kappa shape index (κ1) is 26.1. The second-order valence-corrected chi connectivity index (χ2v) is 9.58. The van der Waals surface area contributed by atoms with Gasteiger partial charge in [0.1, 0.15) is 10.6 Å². The molecule has 0 bridgehead atoms. The van der Waals surface area contributed by atoms with Crippen LogP contribution in [0.25, 0.3) is 0 Å². The Balaban J connectivity index is 2.11. The molecule has 0 aliphatic heterocycles. The van der Waals surface area contributed by atoms with E-state index >= 15 is 0 Å². The van der Waals surface area contributed by atoms with Gasteiger partial charge in [-0.15, -0.1) is 0 Å². The van der Waals surface area contributed by atoms with Crippen LogP contribution in [-0.2, 0) is 14.7 Å². The van der Waals surface area contributed by atoms with Crippen LogP contribution in [0.3, 0.4) is 0 Å². The highest BCUT2D eigenvalue weighted by Crippen LogP contribution is 2.38. The normalized spacial score (nSPS) is 12.4. The van der Waals surface area contributed by atoms with Crippen LogP contribution in [0.5, 0.6) is 11.5 Å². The number of carbonyl (C=O) groups is 1. The Labute approximate surface area is 207 Å². The number of ether oxygens (including phenoxy) is 2. The molecule has 0 spiro atoms. The van der Waals surface area contributed by atoms with Crippen molar-refractivity contribution in [3.8, 4) is 11.5 Å². The van der Waals surface area contributed by atoms with Crippen molar-refractivity contribution in [1.29, 1.82) is 4.78 Å². The third-order valence-electron chi connectivity index (χ3n) is 5.06. The van der Waals surface area contributed by atoms with Gasteiger partial charge in [0.05, 0.1) is 12.3 Å². The van der Waals surface area contributed by atoms with Crippen molar-refractivity contribution >= 4 is 27.2 Å². The molecule has 0 radical (unpaired) electrons. The van der Waals surface area contributed by atoms with Gasteiger partial charge in [-0.05, 0) is 42.8 Å². The molecule has 35 heavy (non-hydrogen) atoms. The number of carbonyl (C=O) groups excluding carboxylic acids is 1. The molecule has 186 valence electrons. The fourth-order valence-electron chi connectivity index (χ4n) is 3.29. The van der Waals surface area contributed by atoms with Crippen molar-refractivity contribution in [3.63, 3.8) is 0 Å². The molecule has 1 unspecified atom stereocenters. The largest absolute Gasteiger partial charge is 0.454 e. The van der Waals surface area contributed by atoms with Gasteiger partial charge in [0.25, 0.3) is 5.91 Å². The first-order chi connectivity index (χ1) is 16.9. The van der Waals surface area contributed by atoms with Crippen molar-refractivity contribution in [3.05, 3.63) is 78.4 Å². The van der Waals surface area contributed by atoms with Gasteiger partial charge >= 0.3 is 0 Å². The van der Waals surface area contributed by atoms with E-state index in [9.17, 15) is 9.00 Å². The van der Waals surface area contributed by atoms with Gasteiger partial charge < -0.3 is 20.1 Å². The first-order valence-corrected chi connectivity index (χ1v) is 13.0. The van der Waals surface area contributed by atoms with Crippen molar-refractivity contribution in [2.45, 2.75) is 24.7 Å². The van der Waals surface area contributed by atoms with Crippen molar-refractivity contribution < 1.29 is 18.5 Å². The molecule has 0 aromatic heterocycles. The Morgan fingerprint density at radius 1 is 1.00 bits per heavy atom. The Morgan fingerprint density at radius 3 is 2.34 bits per heavy atom.